The van der Waals surface area contributed by atoms with Crippen LogP contribution >= 0.6 is 15.9 Å². The first-order valence-corrected chi connectivity index (χ1v) is 8.01. The zero-order valence-electron chi connectivity index (χ0n) is 13.2. The van der Waals surface area contributed by atoms with Crippen molar-refractivity contribution in [2.24, 2.45) is 5.92 Å². The van der Waals surface area contributed by atoms with Crippen molar-refractivity contribution in [2.75, 3.05) is 19.8 Å². The van der Waals surface area contributed by atoms with E-state index in [-0.39, 0.29) is 12.6 Å². The number of halogens is 1. The zero-order chi connectivity index (χ0) is 15.8. The van der Waals surface area contributed by atoms with Crippen molar-refractivity contribution in [1.82, 2.24) is 5.32 Å². The van der Waals surface area contributed by atoms with Crippen molar-refractivity contribution in [3.63, 3.8) is 0 Å². The second-order valence-corrected chi connectivity index (χ2v) is 6.25. The van der Waals surface area contributed by atoms with Gasteiger partial charge in [0.2, 0.25) is 0 Å². The first kappa shape index (κ1) is 18.0. The molecule has 0 aromatic heterocycles. The topological polar surface area (TPSA) is 47.6 Å². The minimum atomic E-state index is -0.346. The molecule has 0 saturated heterocycles. The van der Waals surface area contributed by atoms with Crippen LogP contribution in [0.1, 0.15) is 31.9 Å². The summed E-state index contributed by atoms with van der Waals surface area (Å²) in [4.78, 5) is 11.4. The lowest BCUT2D eigenvalue weighted by Gasteiger charge is -2.16. The Kier molecular flexibility index (Phi) is 7.75. The first-order valence-electron chi connectivity index (χ1n) is 7.22. The molecule has 1 N–H and O–H groups in total. The van der Waals surface area contributed by atoms with E-state index in [9.17, 15) is 4.79 Å². The maximum atomic E-state index is 11.4. The Balaban J connectivity index is 2.77. The Hall–Kier alpha value is -1.07. The van der Waals surface area contributed by atoms with Gasteiger partial charge in [0.1, 0.15) is 5.75 Å². The Morgan fingerprint density at radius 2 is 2.10 bits per heavy atom. The molecule has 0 bridgehead atoms. The van der Waals surface area contributed by atoms with Crippen molar-refractivity contribution >= 4 is 21.9 Å². The van der Waals surface area contributed by atoms with Gasteiger partial charge in [0.25, 0.3) is 0 Å². The highest BCUT2D eigenvalue weighted by molar-refractivity contribution is 9.10. The molecule has 0 atom stereocenters. The molecule has 0 fully saturated rings. The summed E-state index contributed by atoms with van der Waals surface area (Å²) in [5.74, 6) is 0.991. The van der Waals surface area contributed by atoms with Crippen LogP contribution in [0.5, 0.6) is 5.75 Å². The van der Waals surface area contributed by atoms with Crippen LogP contribution in [0, 0.1) is 12.8 Å². The van der Waals surface area contributed by atoms with Gasteiger partial charge in [0.15, 0.2) is 6.61 Å². The summed E-state index contributed by atoms with van der Waals surface area (Å²) in [6, 6.07) is 3.99. The highest BCUT2D eigenvalue weighted by Crippen LogP contribution is 2.28. The standard InChI is InChI=1S/C16H24BrNO3/c1-5-20-15(19)10-21-16-12(4)6-14(17)7-13(16)9-18-8-11(2)3/h6-7,11,18H,5,8-10H2,1-4H3. The number of nitrogens with one attached hydrogen (secondary N) is 1. The van der Waals surface area contributed by atoms with Gasteiger partial charge in [-0.25, -0.2) is 4.79 Å². The maximum absolute atomic E-state index is 11.4. The van der Waals surface area contributed by atoms with Gasteiger partial charge in [-0.05, 0) is 44.0 Å². The highest BCUT2D eigenvalue weighted by Gasteiger charge is 2.12. The second kappa shape index (κ2) is 9.05. The molecule has 1 aromatic rings. The SMILES string of the molecule is CCOC(=O)COc1c(C)cc(Br)cc1CNCC(C)C. The summed E-state index contributed by atoms with van der Waals surface area (Å²) in [5, 5.41) is 3.39. The summed E-state index contributed by atoms with van der Waals surface area (Å²) in [6.45, 7) is 10.0. The Morgan fingerprint density at radius 1 is 1.38 bits per heavy atom. The number of hydrogen-bond donors (Lipinski definition) is 1. The minimum Gasteiger partial charge on any atom is -0.481 e. The molecular formula is C16H24BrNO3. The van der Waals surface area contributed by atoms with Gasteiger partial charge in [0.05, 0.1) is 6.61 Å². The largest absolute Gasteiger partial charge is 0.481 e. The lowest BCUT2D eigenvalue weighted by atomic mass is 10.1. The molecule has 21 heavy (non-hydrogen) atoms. The van der Waals surface area contributed by atoms with Crippen LogP contribution in [-0.2, 0) is 16.1 Å². The average Bonchev–Trinajstić information content (AvgIpc) is 2.37. The van der Waals surface area contributed by atoms with Gasteiger partial charge in [-0.3, -0.25) is 0 Å². The van der Waals surface area contributed by atoms with Crippen LogP contribution in [0.25, 0.3) is 0 Å². The van der Waals surface area contributed by atoms with E-state index >= 15 is 0 Å². The molecule has 5 heteroatoms. The maximum Gasteiger partial charge on any atom is 0.344 e. The van der Waals surface area contributed by atoms with E-state index in [4.69, 9.17) is 9.47 Å². The Labute approximate surface area is 135 Å². The third-order valence-electron chi connectivity index (χ3n) is 2.82. The lowest BCUT2D eigenvalue weighted by molar-refractivity contribution is -0.145. The van der Waals surface area contributed by atoms with Gasteiger partial charge >= 0.3 is 5.97 Å². The van der Waals surface area contributed by atoms with Crippen molar-refractivity contribution in [1.29, 1.82) is 0 Å². The molecule has 1 rings (SSSR count). The van der Waals surface area contributed by atoms with Gasteiger partial charge < -0.3 is 14.8 Å². The second-order valence-electron chi connectivity index (χ2n) is 5.33. The molecule has 0 saturated carbocycles. The number of hydrogen-bond acceptors (Lipinski definition) is 4. The fourth-order valence-corrected chi connectivity index (χ4v) is 2.59. The van der Waals surface area contributed by atoms with Crippen LogP contribution < -0.4 is 10.1 Å². The molecule has 0 aliphatic heterocycles. The van der Waals surface area contributed by atoms with E-state index in [1.165, 1.54) is 0 Å². The smallest absolute Gasteiger partial charge is 0.344 e. The van der Waals surface area contributed by atoms with E-state index in [1.807, 2.05) is 19.1 Å². The third-order valence-corrected chi connectivity index (χ3v) is 3.28. The molecule has 4 nitrogen and oxygen atoms in total. The quantitative estimate of drug-likeness (QED) is 0.724. The molecule has 0 radical (unpaired) electrons. The van der Waals surface area contributed by atoms with Gasteiger partial charge in [-0.15, -0.1) is 0 Å². The molecule has 0 aliphatic rings. The summed E-state index contributed by atoms with van der Waals surface area (Å²) >= 11 is 3.50. The number of ether oxygens (including phenoxy) is 2. The summed E-state index contributed by atoms with van der Waals surface area (Å²) in [7, 11) is 0. The molecule has 0 aliphatic carbocycles. The molecule has 118 valence electrons. The number of rotatable bonds is 8. The number of esters is 1. The van der Waals surface area contributed by atoms with Crippen LogP contribution in [0.3, 0.4) is 0 Å². The van der Waals surface area contributed by atoms with E-state index in [0.29, 0.717) is 19.1 Å². The number of carbonyl (C=O) groups excluding carboxylic acids is 1. The van der Waals surface area contributed by atoms with E-state index < -0.39 is 0 Å². The van der Waals surface area contributed by atoms with Crippen LogP contribution in [0.2, 0.25) is 0 Å². The molecule has 0 heterocycles. The van der Waals surface area contributed by atoms with Gasteiger partial charge in [-0.1, -0.05) is 29.8 Å². The van der Waals surface area contributed by atoms with E-state index in [2.05, 4.69) is 35.1 Å². The minimum absolute atomic E-state index is 0.0620. The van der Waals surface area contributed by atoms with Gasteiger partial charge in [-0.2, -0.15) is 0 Å². The van der Waals surface area contributed by atoms with Crippen molar-refractivity contribution in [3.8, 4) is 5.75 Å². The first-order chi connectivity index (χ1) is 9.93. The summed E-state index contributed by atoms with van der Waals surface area (Å²) < 4.78 is 11.6. The number of carbonyl (C=O) groups is 1. The normalized spacial score (nSPS) is 10.8. The number of benzene rings is 1. The van der Waals surface area contributed by atoms with Crippen LogP contribution in [0.4, 0.5) is 0 Å². The predicted molar refractivity (Wildman–Crippen MR) is 87.6 cm³/mol. The van der Waals surface area contributed by atoms with Crippen molar-refractivity contribution in [3.05, 3.63) is 27.7 Å². The Morgan fingerprint density at radius 3 is 2.71 bits per heavy atom. The summed E-state index contributed by atoms with van der Waals surface area (Å²) in [6.07, 6.45) is 0. The molecule has 0 amide bonds. The van der Waals surface area contributed by atoms with Crippen LogP contribution in [0.15, 0.2) is 16.6 Å². The zero-order valence-corrected chi connectivity index (χ0v) is 14.7. The Bertz CT molecular complexity index is 475. The third kappa shape index (κ3) is 6.48. The summed E-state index contributed by atoms with van der Waals surface area (Å²) in [5.41, 5.74) is 2.03. The lowest BCUT2D eigenvalue weighted by Crippen LogP contribution is -2.21. The predicted octanol–water partition coefficient (Wildman–Crippen LogP) is 3.45. The fourth-order valence-electron chi connectivity index (χ4n) is 1.97. The monoisotopic (exact) mass is 357 g/mol. The molecule has 0 unspecified atom stereocenters. The van der Waals surface area contributed by atoms with Crippen molar-refractivity contribution < 1.29 is 14.3 Å². The fraction of sp³-hybridized carbons (Fsp3) is 0.562. The number of aryl methyl sites for hydroxylation is 1. The molecule has 0 spiro atoms. The average molecular weight is 358 g/mol. The van der Waals surface area contributed by atoms with E-state index in [1.54, 1.807) is 6.92 Å². The molecular weight excluding hydrogens is 334 g/mol. The van der Waals surface area contributed by atoms with Crippen molar-refractivity contribution in [2.45, 2.75) is 34.2 Å². The highest BCUT2D eigenvalue weighted by atomic mass is 79.9. The van der Waals surface area contributed by atoms with Gasteiger partial charge in [0, 0.05) is 16.6 Å². The van der Waals surface area contributed by atoms with E-state index in [0.717, 1.165) is 27.9 Å². The van der Waals surface area contributed by atoms with Crippen LogP contribution in [-0.4, -0.2) is 25.7 Å². The molecule has 1 aromatic carbocycles.